The average Bonchev–Trinajstić information content (AvgIpc) is 2.55. The van der Waals surface area contributed by atoms with E-state index in [1.54, 1.807) is 0 Å². The van der Waals surface area contributed by atoms with Crippen LogP contribution in [0.1, 0.15) is 45.6 Å². The fourth-order valence-corrected chi connectivity index (χ4v) is 2.14. The third kappa shape index (κ3) is 0.979. The van der Waals surface area contributed by atoms with Crippen LogP contribution in [0.2, 0.25) is 0 Å². The summed E-state index contributed by atoms with van der Waals surface area (Å²) in [6.07, 6.45) is 1.70. The Bertz CT molecular complexity index is 391. The maximum absolute atomic E-state index is 7.56. The van der Waals surface area contributed by atoms with Gasteiger partial charge in [0.1, 0.15) is 0 Å². The van der Waals surface area contributed by atoms with Crippen molar-refractivity contribution in [2.24, 2.45) is 0 Å². The number of fused-ring (bicyclic) bond motifs is 1. The van der Waals surface area contributed by atoms with Crippen molar-refractivity contribution in [2.75, 3.05) is 0 Å². The lowest BCUT2D eigenvalue weighted by Gasteiger charge is -2.10. The third-order valence-corrected chi connectivity index (χ3v) is 2.84. The summed E-state index contributed by atoms with van der Waals surface area (Å²) in [4.78, 5) is 0. The molecule has 0 amide bonds. The largest absolute Gasteiger partial charge is 0.0588 e. The number of benzene rings is 1. The number of aryl methyl sites for hydroxylation is 2. The number of hydrogen-bond donors (Lipinski definition) is 0. The Morgan fingerprint density at radius 3 is 2.83 bits per heavy atom. The van der Waals surface area contributed by atoms with Crippen molar-refractivity contribution in [2.45, 2.75) is 39.5 Å². The van der Waals surface area contributed by atoms with E-state index in [1.165, 1.54) is 11.1 Å². The Balaban J connectivity index is 2.55. The second-order valence-corrected chi connectivity index (χ2v) is 3.68. The molecule has 0 radical (unpaired) electrons. The fraction of sp³-hybridized carbons (Fsp3) is 0.500. The highest BCUT2D eigenvalue weighted by molar-refractivity contribution is 5.45. The van der Waals surface area contributed by atoms with Crippen LogP contribution in [0.5, 0.6) is 0 Å². The van der Waals surface area contributed by atoms with Crippen LogP contribution in [-0.2, 0) is 6.42 Å². The zero-order chi connectivity index (χ0) is 11.2. The summed E-state index contributed by atoms with van der Waals surface area (Å²) in [6.45, 7) is 2.24. The van der Waals surface area contributed by atoms with Crippen molar-refractivity contribution in [1.82, 2.24) is 0 Å². The van der Waals surface area contributed by atoms with Crippen molar-refractivity contribution in [3.05, 3.63) is 34.4 Å². The maximum Gasteiger partial charge on any atom is 0.0237 e. The van der Waals surface area contributed by atoms with Gasteiger partial charge in [0.2, 0.25) is 0 Å². The number of rotatable bonds is 0. The van der Waals surface area contributed by atoms with Gasteiger partial charge >= 0.3 is 0 Å². The molecule has 12 heavy (non-hydrogen) atoms. The van der Waals surface area contributed by atoms with Crippen molar-refractivity contribution >= 4 is 0 Å². The zero-order valence-corrected chi connectivity index (χ0v) is 7.65. The Labute approximate surface area is 78.8 Å². The first-order chi connectivity index (χ1) is 6.91. The van der Waals surface area contributed by atoms with Gasteiger partial charge in [-0.15, -0.1) is 0 Å². The standard InChI is InChI=1S/C12H16/c1-8-4-5-9(2)12-10(3)6-7-11(8)12/h4-5,10H,6-7H2,1-3H3/i3D3. The molecule has 0 aliphatic heterocycles. The van der Waals surface area contributed by atoms with Gasteiger partial charge in [0, 0.05) is 4.11 Å². The van der Waals surface area contributed by atoms with Gasteiger partial charge in [-0.3, -0.25) is 0 Å². The van der Waals surface area contributed by atoms with Crippen molar-refractivity contribution in [1.29, 1.82) is 0 Å². The summed E-state index contributed by atoms with van der Waals surface area (Å²) in [7, 11) is 0. The van der Waals surface area contributed by atoms with E-state index in [9.17, 15) is 0 Å². The topological polar surface area (TPSA) is 0 Å². The van der Waals surface area contributed by atoms with Gasteiger partial charge in [-0.1, -0.05) is 19.0 Å². The maximum atomic E-state index is 7.56. The molecule has 1 aromatic carbocycles. The van der Waals surface area contributed by atoms with Crippen LogP contribution in [0, 0.1) is 13.8 Å². The first-order valence-electron chi connectivity index (χ1n) is 6.00. The quantitative estimate of drug-likeness (QED) is 0.550. The van der Waals surface area contributed by atoms with Gasteiger partial charge in [0.25, 0.3) is 0 Å². The Kier molecular flexibility index (Phi) is 1.10. The molecule has 0 N–H and O–H groups in total. The van der Waals surface area contributed by atoms with Crippen molar-refractivity contribution < 1.29 is 4.11 Å². The predicted molar refractivity (Wildman–Crippen MR) is 52.7 cm³/mol. The highest BCUT2D eigenvalue weighted by atomic mass is 14.3. The Hall–Kier alpha value is -0.780. The molecule has 0 saturated carbocycles. The molecule has 0 heterocycles. The highest BCUT2D eigenvalue weighted by Crippen LogP contribution is 2.36. The minimum absolute atomic E-state index is 0.243. The molecular weight excluding hydrogens is 144 g/mol. The van der Waals surface area contributed by atoms with Gasteiger partial charge in [0.05, 0.1) is 0 Å². The summed E-state index contributed by atoms with van der Waals surface area (Å²) in [5.74, 6) is -0.243. The SMILES string of the molecule is [2H]C([2H])([2H])C1CCc2c(C)ccc(C)c21. The van der Waals surface area contributed by atoms with Gasteiger partial charge in [-0.2, -0.15) is 0 Å². The molecule has 0 nitrogen and oxygen atoms in total. The first-order valence-corrected chi connectivity index (χ1v) is 4.50. The summed E-state index contributed by atoms with van der Waals surface area (Å²) >= 11 is 0. The van der Waals surface area contributed by atoms with E-state index in [1.807, 2.05) is 13.0 Å². The molecule has 64 valence electrons. The van der Waals surface area contributed by atoms with E-state index < -0.39 is 6.85 Å². The van der Waals surface area contributed by atoms with Crippen molar-refractivity contribution in [3.8, 4) is 0 Å². The smallest absolute Gasteiger partial charge is 0.0237 e. The Morgan fingerprint density at radius 1 is 1.33 bits per heavy atom. The average molecular weight is 163 g/mol. The monoisotopic (exact) mass is 163 g/mol. The molecule has 0 fully saturated rings. The van der Waals surface area contributed by atoms with Gasteiger partial charge in [-0.05, 0) is 54.9 Å². The van der Waals surface area contributed by atoms with Gasteiger partial charge in [-0.25, -0.2) is 0 Å². The van der Waals surface area contributed by atoms with Crippen LogP contribution in [0.3, 0.4) is 0 Å². The third-order valence-electron chi connectivity index (χ3n) is 2.84. The molecule has 0 aromatic heterocycles. The lowest BCUT2D eigenvalue weighted by molar-refractivity contribution is 0.744. The molecular formula is C12H16. The van der Waals surface area contributed by atoms with Gasteiger partial charge < -0.3 is 0 Å². The molecule has 1 aliphatic rings. The molecule has 1 aromatic rings. The highest BCUT2D eigenvalue weighted by Gasteiger charge is 2.21. The lowest BCUT2D eigenvalue weighted by atomic mass is 9.95. The van der Waals surface area contributed by atoms with Crippen LogP contribution >= 0.6 is 0 Å². The van der Waals surface area contributed by atoms with Crippen LogP contribution in [0.4, 0.5) is 0 Å². The molecule has 0 bridgehead atoms. The molecule has 2 rings (SSSR count). The summed E-state index contributed by atoms with van der Waals surface area (Å²) in [5, 5.41) is 0. The second kappa shape index (κ2) is 2.62. The van der Waals surface area contributed by atoms with E-state index in [-0.39, 0.29) is 5.92 Å². The second-order valence-electron chi connectivity index (χ2n) is 3.68. The van der Waals surface area contributed by atoms with Crippen molar-refractivity contribution in [3.63, 3.8) is 0 Å². The molecule has 1 atom stereocenters. The van der Waals surface area contributed by atoms with Gasteiger partial charge in [0.15, 0.2) is 0 Å². The molecule has 0 spiro atoms. The lowest BCUT2D eigenvalue weighted by Crippen LogP contribution is -1.93. The van der Waals surface area contributed by atoms with E-state index in [0.29, 0.717) is 0 Å². The van der Waals surface area contributed by atoms with Crippen LogP contribution in [0.25, 0.3) is 0 Å². The fourth-order valence-electron chi connectivity index (χ4n) is 2.14. The Morgan fingerprint density at radius 2 is 2.08 bits per heavy atom. The summed E-state index contributed by atoms with van der Waals surface area (Å²) < 4.78 is 22.7. The summed E-state index contributed by atoms with van der Waals surface area (Å²) in [6, 6.07) is 4.13. The summed E-state index contributed by atoms with van der Waals surface area (Å²) in [5.41, 5.74) is 4.74. The van der Waals surface area contributed by atoms with Crippen LogP contribution in [-0.4, -0.2) is 0 Å². The van der Waals surface area contributed by atoms with E-state index >= 15 is 0 Å². The number of hydrogen-bond acceptors (Lipinski definition) is 0. The minimum Gasteiger partial charge on any atom is -0.0588 e. The predicted octanol–water partition coefficient (Wildman–Crippen LogP) is 3.35. The van der Waals surface area contributed by atoms with E-state index in [0.717, 1.165) is 24.0 Å². The van der Waals surface area contributed by atoms with Crippen LogP contribution < -0.4 is 0 Å². The first kappa shape index (κ1) is 5.06. The van der Waals surface area contributed by atoms with E-state index in [4.69, 9.17) is 4.11 Å². The molecule has 0 heteroatoms. The van der Waals surface area contributed by atoms with E-state index in [2.05, 4.69) is 13.0 Å². The minimum atomic E-state index is -1.84. The molecule has 1 unspecified atom stereocenters. The zero-order valence-electron chi connectivity index (χ0n) is 10.6. The molecule has 0 saturated heterocycles. The van der Waals surface area contributed by atoms with Crippen LogP contribution in [0.15, 0.2) is 12.1 Å². The normalized spacial score (nSPS) is 25.8. The molecule has 1 aliphatic carbocycles.